The van der Waals surface area contributed by atoms with E-state index in [1.807, 2.05) is 0 Å². The van der Waals surface area contributed by atoms with Crippen LogP contribution in [-0.2, 0) is 16.1 Å². The Morgan fingerprint density at radius 3 is 2.75 bits per heavy atom. The quantitative estimate of drug-likeness (QED) is 0.777. The Bertz CT molecular complexity index is 361. The van der Waals surface area contributed by atoms with E-state index in [9.17, 15) is 9.59 Å². The Morgan fingerprint density at radius 2 is 2.25 bits per heavy atom. The molecule has 0 saturated heterocycles. The molecule has 1 N–H and O–H groups in total. The van der Waals surface area contributed by atoms with E-state index >= 15 is 0 Å². The average Bonchev–Trinajstić information content (AvgIpc) is 2.76. The topological polar surface area (TPSA) is 75.4 Å². The summed E-state index contributed by atoms with van der Waals surface area (Å²) in [4.78, 5) is 27.4. The maximum absolute atomic E-state index is 11.6. The van der Waals surface area contributed by atoms with Crippen molar-refractivity contribution in [2.45, 2.75) is 25.9 Å². The summed E-state index contributed by atoms with van der Waals surface area (Å²) in [6.07, 6.45) is 5.28. The lowest BCUT2D eigenvalue weighted by Gasteiger charge is -2.21. The number of imidazole rings is 1. The predicted molar refractivity (Wildman–Crippen MR) is 56.7 cm³/mol. The fraction of sp³-hybridized carbons (Fsp3) is 0.500. The van der Waals surface area contributed by atoms with Crippen molar-refractivity contribution in [1.82, 2.24) is 14.5 Å². The first-order chi connectivity index (χ1) is 7.52. The van der Waals surface area contributed by atoms with E-state index in [1.54, 1.807) is 23.3 Å². The Morgan fingerprint density at radius 1 is 1.56 bits per heavy atom. The van der Waals surface area contributed by atoms with Crippen LogP contribution in [0.3, 0.4) is 0 Å². The van der Waals surface area contributed by atoms with Crippen molar-refractivity contribution in [2.75, 3.05) is 7.05 Å². The second kappa shape index (κ2) is 5.29. The molecule has 0 aliphatic carbocycles. The van der Waals surface area contributed by atoms with Crippen molar-refractivity contribution in [1.29, 1.82) is 0 Å². The molecule has 0 bridgehead atoms. The number of carboxylic acids is 1. The lowest BCUT2D eigenvalue weighted by atomic mass is 10.2. The van der Waals surface area contributed by atoms with Crippen LogP contribution < -0.4 is 0 Å². The second-order valence-electron chi connectivity index (χ2n) is 3.57. The van der Waals surface area contributed by atoms with E-state index in [-0.39, 0.29) is 12.3 Å². The van der Waals surface area contributed by atoms with Crippen LogP contribution in [0.25, 0.3) is 0 Å². The number of aromatic nitrogens is 2. The third-order valence-corrected chi connectivity index (χ3v) is 2.47. The van der Waals surface area contributed by atoms with Crippen LogP contribution in [0.15, 0.2) is 18.7 Å². The number of hydrogen-bond acceptors (Lipinski definition) is 3. The van der Waals surface area contributed by atoms with Crippen molar-refractivity contribution >= 4 is 11.9 Å². The highest BCUT2D eigenvalue weighted by atomic mass is 16.4. The fourth-order valence-electron chi connectivity index (χ4n) is 1.20. The molecule has 1 unspecified atom stereocenters. The first kappa shape index (κ1) is 12.2. The van der Waals surface area contributed by atoms with E-state index in [2.05, 4.69) is 4.98 Å². The molecule has 6 nitrogen and oxygen atoms in total. The molecule has 1 atom stereocenters. The van der Waals surface area contributed by atoms with Gasteiger partial charge < -0.3 is 14.6 Å². The summed E-state index contributed by atoms with van der Waals surface area (Å²) in [6, 6.07) is -0.796. The summed E-state index contributed by atoms with van der Waals surface area (Å²) in [7, 11) is 1.50. The van der Waals surface area contributed by atoms with Gasteiger partial charge in [0.1, 0.15) is 6.04 Å². The van der Waals surface area contributed by atoms with Crippen molar-refractivity contribution in [3.8, 4) is 0 Å². The molecule has 1 aromatic heterocycles. The van der Waals surface area contributed by atoms with Gasteiger partial charge in [0.05, 0.1) is 6.33 Å². The lowest BCUT2D eigenvalue weighted by Crippen LogP contribution is -2.40. The van der Waals surface area contributed by atoms with Gasteiger partial charge in [-0.05, 0) is 6.92 Å². The maximum Gasteiger partial charge on any atom is 0.326 e. The Hall–Kier alpha value is -1.85. The molecule has 1 heterocycles. The first-order valence-corrected chi connectivity index (χ1v) is 4.96. The number of aliphatic carboxylic acids is 1. The summed E-state index contributed by atoms with van der Waals surface area (Å²) in [5.41, 5.74) is 0. The number of hydrogen-bond donors (Lipinski definition) is 1. The number of amides is 1. The summed E-state index contributed by atoms with van der Waals surface area (Å²) >= 11 is 0. The minimum atomic E-state index is -1.00. The van der Waals surface area contributed by atoms with Gasteiger partial charge in [0.2, 0.25) is 5.91 Å². The van der Waals surface area contributed by atoms with E-state index in [1.165, 1.54) is 18.9 Å². The van der Waals surface area contributed by atoms with Crippen LogP contribution >= 0.6 is 0 Å². The van der Waals surface area contributed by atoms with Crippen molar-refractivity contribution in [3.05, 3.63) is 18.7 Å². The molecule has 0 aliphatic heterocycles. The molecule has 0 aromatic carbocycles. The number of nitrogens with zero attached hydrogens (tertiary/aromatic N) is 3. The van der Waals surface area contributed by atoms with Gasteiger partial charge in [-0.3, -0.25) is 4.79 Å². The molecule has 88 valence electrons. The van der Waals surface area contributed by atoms with E-state index in [0.717, 1.165) is 0 Å². The van der Waals surface area contributed by atoms with E-state index < -0.39 is 12.0 Å². The number of rotatable bonds is 5. The van der Waals surface area contributed by atoms with Crippen molar-refractivity contribution in [2.24, 2.45) is 0 Å². The molecule has 1 aromatic rings. The zero-order chi connectivity index (χ0) is 12.1. The van der Waals surface area contributed by atoms with Crippen LogP contribution in [0.2, 0.25) is 0 Å². The van der Waals surface area contributed by atoms with Crippen molar-refractivity contribution < 1.29 is 14.7 Å². The van der Waals surface area contributed by atoms with E-state index in [4.69, 9.17) is 5.11 Å². The maximum atomic E-state index is 11.6. The van der Waals surface area contributed by atoms with E-state index in [0.29, 0.717) is 6.54 Å². The zero-order valence-corrected chi connectivity index (χ0v) is 9.33. The molecule has 6 heteroatoms. The van der Waals surface area contributed by atoms with Gasteiger partial charge in [0.25, 0.3) is 0 Å². The highest BCUT2D eigenvalue weighted by molar-refractivity contribution is 5.83. The Balaban J connectivity index is 2.43. The Labute approximate surface area is 93.5 Å². The lowest BCUT2D eigenvalue weighted by molar-refractivity contribution is -0.148. The minimum absolute atomic E-state index is 0.191. The van der Waals surface area contributed by atoms with Gasteiger partial charge in [0, 0.05) is 32.4 Å². The van der Waals surface area contributed by atoms with Gasteiger partial charge in [-0.1, -0.05) is 0 Å². The molecule has 0 spiro atoms. The van der Waals surface area contributed by atoms with Crippen LogP contribution in [0.4, 0.5) is 0 Å². The van der Waals surface area contributed by atoms with Gasteiger partial charge in [-0.2, -0.15) is 0 Å². The number of carbonyl (C=O) groups excluding carboxylic acids is 1. The monoisotopic (exact) mass is 225 g/mol. The fourth-order valence-corrected chi connectivity index (χ4v) is 1.20. The van der Waals surface area contributed by atoms with Gasteiger partial charge >= 0.3 is 5.97 Å². The second-order valence-corrected chi connectivity index (χ2v) is 3.57. The number of carbonyl (C=O) groups is 2. The third kappa shape index (κ3) is 3.08. The van der Waals surface area contributed by atoms with Gasteiger partial charge in [-0.15, -0.1) is 0 Å². The molecule has 1 rings (SSSR count). The van der Waals surface area contributed by atoms with Crippen LogP contribution in [-0.4, -0.2) is 44.5 Å². The summed E-state index contributed by atoms with van der Waals surface area (Å²) < 4.78 is 1.77. The summed E-state index contributed by atoms with van der Waals surface area (Å²) in [6.45, 7) is 1.99. The number of carboxylic acid groups (broad SMARTS) is 1. The predicted octanol–water partition coefficient (Wildman–Crippen LogP) is 0.205. The molecule has 1 amide bonds. The van der Waals surface area contributed by atoms with Crippen LogP contribution in [0, 0.1) is 0 Å². The SMILES string of the molecule is CC(C(=O)O)N(C)C(=O)CCn1ccnc1. The molecule has 0 radical (unpaired) electrons. The largest absolute Gasteiger partial charge is 0.480 e. The molecular formula is C10H15N3O3. The van der Waals surface area contributed by atoms with Crippen LogP contribution in [0.5, 0.6) is 0 Å². The highest BCUT2D eigenvalue weighted by Gasteiger charge is 2.20. The first-order valence-electron chi connectivity index (χ1n) is 4.96. The smallest absolute Gasteiger partial charge is 0.326 e. The summed E-state index contributed by atoms with van der Waals surface area (Å²) in [5.74, 6) is -1.19. The Kier molecular flexibility index (Phi) is 4.04. The van der Waals surface area contributed by atoms with Crippen molar-refractivity contribution in [3.63, 3.8) is 0 Å². The molecule has 0 saturated carbocycles. The molecule has 16 heavy (non-hydrogen) atoms. The average molecular weight is 225 g/mol. The molecule has 0 fully saturated rings. The normalized spacial score (nSPS) is 12.1. The standard InChI is InChI=1S/C10H15N3O3/c1-8(10(15)16)12(2)9(14)3-5-13-6-4-11-7-13/h4,6-8H,3,5H2,1-2H3,(H,15,16). The highest BCUT2D eigenvalue weighted by Crippen LogP contribution is 2.01. The number of likely N-dealkylation sites (N-methyl/N-ethyl adjacent to an activating group) is 1. The summed E-state index contributed by atoms with van der Waals surface area (Å²) in [5, 5.41) is 8.74. The van der Waals surface area contributed by atoms with Crippen LogP contribution in [0.1, 0.15) is 13.3 Å². The van der Waals surface area contributed by atoms with Gasteiger partial charge in [-0.25, -0.2) is 9.78 Å². The van der Waals surface area contributed by atoms with Gasteiger partial charge in [0.15, 0.2) is 0 Å². The minimum Gasteiger partial charge on any atom is -0.480 e. The third-order valence-electron chi connectivity index (χ3n) is 2.47. The number of aryl methyl sites for hydroxylation is 1. The molecular weight excluding hydrogens is 210 g/mol. The molecule has 0 aliphatic rings. The zero-order valence-electron chi connectivity index (χ0n) is 9.33.